The van der Waals surface area contributed by atoms with Gasteiger partial charge in [-0.25, -0.2) is 4.68 Å². The number of hydrogen-bond acceptors (Lipinski definition) is 5. The molecular formula is C21H31N5O. The summed E-state index contributed by atoms with van der Waals surface area (Å²) in [5.41, 5.74) is 3.87. The highest BCUT2D eigenvalue weighted by Crippen LogP contribution is 2.19. The van der Waals surface area contributed by atoms with Gasteiger partial charge in [0, 0.05) is 71.3 Å². The molecule has 2 aromatic rings. The molecule has 3 heterocycles. The fourth-order valence-electron chi connectivity index (χ4n) is 4.00. The normalized spacial score (nSPS) is 20.2. The Morgan fingerprint density at radius 2 is 1.63 bits per heavy atom. The lowest BCUT2D eigenvalue weighted by molar-refractivity contribution is 0.0296. The van der Waals surface area contributed by atoms with E-state index in [-0.39, 0.29) is 0 Å². The first kappa shape index (κ1) is 18.6. The molecule has 146 valence electrons. The summed E-state index contributed by atoms with van der Waals surface area (Å²) in [5, 5.41) is 4.43. The Kier molecular flexibility index (Phi) is 6.19. The van der Waals surface area contributed by atoms with E-state index < -0.39 is 0 Å². The van der Waals surface area contributed by atoms with Crippen LogP contribution in [0.2, 0.25) is 0 Å². The van der Waals surface area contributed by atoms with Crippen LogP contribution >= 0.6 is 0 Å². The second-order valence-corrected chi connectivity index (χ2v) is 7.65. The molecule has 6 nitrogen and oxygen atoms in total. The minimum absolute atomic E-state index is 0.892. The van der Waals surface area contributed by atoms with Gasteiger partial charge in [-0.3, -0.25) is 14.7 Å². The summed E-state index contributed by atoms with van der Waals surface area (Å²) in [6.45, 7) is 14.1. The van der Waals surface area contributed by atoms with Gasteiger partial charge < -0.3 is 4.74 Å². The van der Waals surface area contributed by atoms with Crippen LogP contribution in [0.25, 0.3) is 5.69 Å². The van der Waals surface area contributed by atoms with Crippen LogP contribution < -0.4 is 0 Å². The zero-order valence-electron chi connectivity index (χ0n) is 16.4. The number of piperazine rings is 1. The van der Waals surface area contributed by atoms with Gasteiger partial charge in [0.2, 0.25) is 0 Å². The Morgan fingerprint density at radius 1 is 0.926 bits per heavy atom. The van der Waals surface area contributed by atoms with E-state index in [2.05, 4.69) is 44.9 Å². The molecule has 1 aromatic heterocycles. The molecule has 0 atom stereocenters. The lowest BCUT2D eigenvalue weighted by Crippen LogP contribution is -2.49. The maximum Gasteiger partial charge on any atom is 0.0690 e. The van der Waals surface area contributed by atoms with Crippen LogP contribution in [-0.4, -0.2) is 90.1 Å². The number of rotatable bonds is 6. The molecule has 0 bridgehead atoms. The van der Waals surface area contributed by atoms with Crippen molar-refractivity contribution in [2.45, 2.75) is 13.5 Å². The minimum Gasteiger partial charge on any atom is -0.379 e. The van der Waals surface area contributed by atoms with Crippen molar-refractivity contribution >= 4 is 0 Å². The standard InChI is InChI=1S/C21H31N5O/c1-19-3-4-21(26-6-2-5-22-26)20(17-19)18-25-11-9-23(10-12-25)7-8-24-13-15-27-16-14-24/h2-6,17H,7-16,18H2,1H3. The van der Waals surface area contributed by atoms with Gasteiger partial charge in [0.15, 0.2) is 0 Å². The Morgan fingerprint density at radius 3 is 2.33 bits per heavy atom. The predicted octanol–water partition coefficient (Wildman–Crippen LogP) is 1.63. The third-order valence-corrected chi connectivity index (χ3v) is 5.68. The molecule has 1 aromatic carbocycles. The number of hydrogen-bond donors (Lipinski definition) is 0. The summed E-state index contributed by atoms with van der Waals surface area (Å²) < 4.78 is 7.42. The topological polar surface area (TPSA) is 36.8 Å². The molecular weight excluding hydrogens is 338 g/mol. The van der Waals surface area contributed by atoms with Gasteiger partial charge in [-0.1, -0.05) is 17.7 Å². The first-order chi connectivity index (χ1) is 13.3. The van der Waals surface area contributed by atoms with E-state index >= 15 is 0 Å². The molecule has 2 aliphatic heterocycles. The van der Waals surface area contributed by atoms with Gasteiger partial charge in [-0.15, -0.1) is 0 Å². The SMILES string of the molecule is Cc1ccc(-n2cccn2)c(CN2CCN(CCN3CCOCC3)CC2)c1. The molecule has 2 saturated heterocycles. The number of morpholine rings is 1. The Labute approximate surface area is 162 Å². The highest BCUT2D eigenvalue weighted by atomic mass is 16.5. The van der Waals surface area contributed by atoms with Crippen molar-refractivity contribution in [1.29, 1.82) is 0 Å². The molecule has 4 rings (SSSR count). The van der Waals surface area contributed by atoms with Crippen LogP contribution in [0.1, 0.15) is 11.1 Å². The van der Waals surface area contributed by atoms with E-state index in [1.807, 2.05) is 23.1 Å². The summed E-state index contributed by atoms with van der Waals surface area (Å²) in [6, 6.07) is 8.65. The first-order valence-corrected chi connectivity index (χ1v) is 10.1. The van der Waals surface area contributed by atoms with Gasteiger partial charge in [-0.2, -0.15) is 5.10 Å². The molecule has 2 fully saturated rings. The minimum atomic E-state index is 0.892. The third-order valence-electron chi connectivity index (χ3n) is 5.68. The molecule has 0 amide bonds. The van der Waals surface area contributed by atoms with Crippen LogP contribution in [0.3, 0.4) is 0 Å². The maximum absolute atomic E-state index is 5.44. The first-order valence-electron chi connectivity index (χ1n) is 10.1. The van der Waals surface area contributed by atoms with Gasteiger partial charge in [0.1, 0.15) is 0 Å². The van der Waals surface area contributed by atoms with E-state index in [4.69, 9.17) is 4.74 Å². The van der Waals surface area contributed by atoms with Crippen molar-refractivity contribution in [1.82, 2.24) is 24.5 Å². The van der Waals surface area contributed by atoms with Crippen molar-refractivity contribution in [3.05, 3.63) is 47.8 Å². The summed E-state index contributed by atoms with van der Waals surface area (Å²) in [5.74, 6) is 0. The molecule has 0 N–H and O–H groups in total. The van der Waals surface area contributed by atoms with Crippen molar-refractivity contribution in [3.8, 4) is 5.69 Å². The van der Waals surface area contributed by atoms with E-state index in [0.717, 1.165) is 59.0 Å². The largest absolute Gasteiger partial charge is 0.379 e. The molecule has 0 unspecified atom stereocenters. The van der Waals surface area contributed by atoms with Gasteiger partial charge in [0.05, 0.1) is 18.9 Å². The molecule has 27 heavy (non-hydrogen) atoms. The molecule has 2 aliphatic rings. The smallest absolute Gasteiger partial charge is 0.0690 e. The lowest BCUT2D eigenvalue weighted by atomic mass is 10.1. The van der Waals surface area contributed by atoms with Crippen LogP contribution in [0, 0.1) is 6.92 Å². The van der Waals surface area contributed by atoms with Gasteiger partial charge in [0.25, 0.3) is 0 Å². The monoisotopic (exact) mass is 369 g/mol. The summed E-state index contributed by atoms with van der Waals surface area (Å²) in [4.78, 5) is 7.71. The molecule has 0 aliphatic carbocycles. The zero-order chi connectivity index (χ0) is 18.5. The Balaban J connectivity index is 1.30. The second-order valence-electron chi connectivity index (χ2n) is 7.65. The molecule has 6 heteroatoms. The second kappa shape index (κ2) is 8.97. The lowest BCUT2D eigenvalue weighted by Gasteiger charge is -2.36. The van der Waals surface area contributed by atoms with Crippen molar-refractivity contribution < 1.29 is 4.74 Å². The highest BCUT2D eigenvalue weighted by Gasteiger charge is 2.19. The summed E-state index contributed by atoms with van der Waals surface area (Å²) >= 11 is 0. The van der Waals surface area contributed by atoms with Crippen molar-refractivity contribution in [2.24, 2.45) is 0 Å². The van der Waals surface area contributed by atoms with E-state index in [1.165, 1.54) is 29.9 Å². The average molecular weight is 370 g/mol. The molecule has 0 saturated carbocycles. The number of nitrogens with zero attached hydrogens (tertiary/aromatic N) is 5. The number of benzene rings is 1. The maximum atomic E-state index is 5.44. The van der Waals surface area contributed by atoms with Crippen LogP contribution in [0.5, 0.6) is 0 Å². The third kappa shape index (κ3) is 4.96. The Hall–Kier alpha value is -1.73. The summed E-state index contributed by atoms with van der Waals surface area (Å²) in [7, 11) is 0. The zero-order valence-corrected chi connectivity index (χ0v) is 16.4. The van der Waals surface area contributed by atoms with Crippen LogP contribution in [0.4, 0.5) is 0 Å². The Bertz CT molecular complexity index is 703. The van der Waals surface area contributed by atoms with Crippen LogP contribution in [-0.2, 0) is 11.3 Å². The number of aromatic nitrogens is 2. The fraction of sp³-hybridized carbons (Fsp3) is 0.571. The number of aryl methyl sites for hydroxylation is 1. The highest BCUT2D eigenvalue weighted by molar-refractivity contribution is 5.42. The van der Waals surface area contributed by atoms with Crippen molar-refractivity contribution in [2.75, 3.05) is 65.6 Å². The molecule has 0 radical (unpaired) electrons. The van der Waals surface area contributed by atoms with E-state index in [0.29, 0.717) is 0 Å². The van der Waals surface area contributed by atoms with Gasteiger partial charge >= 0.3 is 0 Å². The van der Waals surface area contributed by atoms with Crippen molar-refractivity contribution in [3.63, 3.8) is 0 Å². The van der Waals surface area contributed by atoms with Gasteiger partial charge in [-0.05, 0) is 24.6 Å². The van der Waals surface area contributed by atoms with E-state index in [1.54, 1.807) is 0 Å². The quantitative estimate of drug-likeness (QED) is 0.774. The average Bonchev–Trinajstić information content (AvgIpc) is 3.23. The summed E-state index contributed by atoms with van der Waals surface area (Å²) in [6.07, 6.45) is 3.87. The molecule has 0 spiro atoms. The van der Waals surface area contributed by atoms with Crippen LogP contribution in [0.15, 0.2) is 36.7 Å². The fourth-order valence-corrected chi connectivity index (χ4v) is 4.00. The predicted molar refractivity (Wildman–Crippen MR) is 107 cm³/mol. The van der Waals surface area contributed by atoms with E-state index in [9.17, 15) is 0 Å². The number of ether oxygens (including phenoxy) is 1.